The minimum absolute atomic E-state index is 0. The predicted octanol–water partition coefficient (Wildman–Crippen LogP) is 0.818. The molecule has 31 heteroatoms. The van der Waals surface area contributed by atoms with Crippen LogP contribution in [-0.2, 0) is 132 Å². The molecule has 1 aromatic carbocycles. The number of anilines is 1. The van der Waals surface area contributed by atoms with Crippen LogP contribution < -0.4 is 5.32 Å². The number of benzene rings is 1. The van der Waals surface area contributed by atoms with Crippen molar-refractivity contribution < 1.29 is 125 Å². The summed E-state index contributed by atoms with van der Waals surface area (Å²) in [6, 6.07) is 13.9. The van der Waals surface area contributed by atoms with Gasteiger partial charge in [-0.05, 0) is 99.7 Å². The number of hydrogen-bond acceptors (Lipinski definition) is 21. The van der Waals surface area contributed by atoms with Gasteiger partial charge in [0.15, 0.2) is 11.6 Å². The zero-order valence-electron chi connectivity index (χ0n) is 50.4. The number of pyridine rings is 3. The monoisotopic (exact) mass is 1370 g/mol. The molecule has 3 aliphatic heterocycles. The van der Waals surface area contributed by atoms with E-state index in [9.17, 15) is 73.8 Å². The van der Waals surface area contributed by atoms with E-state index in [4.69, 9.17) is 15.0 Å². The molecule has 0 saturated heterocycles. The van der Waals surface area contributed by atoms with Gasteiger partial charge < -0.3 is 40.9 Å². The predicted molar refractivity (Wildman–Crippen MR) is 313 cm³/mol. The van der Waals surface area contributed by atoms with E-state index in [1.54, 1.807) is 65.8 Å². The van der Waals surface area contributed by atoms with Crippen LogP contribution in [0.25, 0.3) is 0 Å². The Bertz CT molecular complexity index is 3010. The molecule has 90 heavy (non-hydrogen) atoms. The van der Waals surface area contributed by atoms with Gasteiger partial charge in [0, 0.05) is 178 Å². The van der Waals surface area contributed by atoms with Crippen molar-refractivity contribution in [1.29, 1.82) is 0 Å². The van der Waals surface area contributed by atoms with E-state index in [2.05, 4.69) is 5.32 Å². The average Bonchev–Trinajstić information content (AvgIpc) is 1.32. The van der Waals surface area contributed by atoms with Crippen LogP contribution >= 0.6 is 0 Å². The van der Waals surface area contributed by atoms with E-state index >= 15 is 0 Å². The number of nitrogens with one attached hydrogen (secondary N) is 1. The van der Waals surface area contributed by atoms with Gasteiger partial charge in [0.25, 0.3) is 5.91 Å². The molecule has 28 nitrogen and oxygen atoms in total. The third kappa shape index (κ3) is 25.6. The molecule has 0 saturated carbocycles. The van der Waals surface area contributed by atoms with Gasteiger partial charge in [0.05, 0.1) is 86.8 Å². The summed E-state index contributed by atoms with van der Waals surface area (Å²) in [6.45, 7) is 2.48. The quantitative estimate of drug-likeness (QED) is 0.0476. The number of carbonyl (C=O) groups excluding carboxylic acids is 3. The topological polar surface area (TPSA) is 355 Å². The summed E-state index contributed by atoms with van der Waals surface area (Å²) in [5, 5.41) is 61.9. The molecule has 4 aromatic rings. The number of fused-ring (bicyclic) bond motifs is 6. The molecule has 0 aliphatic carbocycles. The van der Waals surface area contributed by atoms with Crippen LogP contribution in [0.1, 0.15) is 89.2 Å². The Morgan fingerprint density at radius 3 is 0.989 bits per heavy atom. The largest absolute Gasteiger partial charge is 0.480 e. The summed E-state index contributed by atoms with van der Waals surface area (Å²) in [4.78, 5) is 147. The second-order valence-corrected chi connectivity index (χ2v) is 22.8. The van der Waals surface area contributed by atoms with Crippen molar-refractivity contribution in [3.8, 4) is 0 Å². The Hall–Kier alpha value is -6.50. The molecule has 489 valence electrons. The van der Waals surface area contributed by atoms with E-state index in [0.29, 0.717) is 110 Å². The number of rotatable bonds is 20. The molecule has 7 N–H and O–H groups in total. The number of nitrogens with zero attached hydrogens (tertiary/aromatic N) is 12. The minimum atomic E-state index is -1.07. The van der Waals surface area contributed by atoms with E-state index in [1.165, 1.54) is 18.2 Å². The molecule has 3 radical (unpaired) electrons. The van der Waals surface area contributed by atoms with Crippen molar-refractivity contribution in [2.75, 3.05) is 131 Å². The SMILES string of the molecule is CN1CCN(CC(=O)O)Cc2cc(NC(=O)c3cc(C(=O)Cc4cc5nc(c4)CN(CC(=O)O)CN(C)CCCN(CC(=O)O)C5)cc(C(=O)Cc4cc5nc(c4)CN(CC(=O)O)CN(C)CCCN(CC(=O)O)C5)c3)cc(n2)CN(CC(=O)O)CC1.[Mn].[Mn].[Mn]. The normalized spacial score (nSPS) is 17.1. The molecular formula is C59H77Mn3N13O15. The zero-order chi connectivity index (χ0) is 62.9. The molecule has 0 atom stereocenters. The maximum absolute atomic E-state index is 14.9. The maximum Gasteiger partial charge on any atom is 0.317 e. The van der Waals surface area contributed by atoms with Crippen LogP contribution in [0, 0.1) is 0 Å². The second-order valence-electron chi connectivity index (χ2n) is 22.8. The molecule has 6 bridgehead atoms. The van der Waals surface area contributed by atoms with Gasteiger partial charge in [-0.15, -0.1) is 0 Å². The number of Topliss-reactive ketones (excluding diaryl/α,β-unsaturated/α-hetero) is 2. The average molecular weight is 1370 g/mol. The fourth-order valence-corrected chi connectivity index (χ4v) is 11.1. The fourth-order valence-electron chi connectivity index (χ4n) is 11.1. The number of amides is 1. The van der Waals surface area contributed by atoms with Crippen molar-refractivity contribution >= 4 is 59.0 Å². The van der Waals surface area contributed by atoms with Crippen LogP contribution in [0.15, 0.2) is 54.6 Å². The fraction of sp³-hybridized carbons (Fsp3) is 0.492. The molecule has 0 unspecified atom stereocenters. The van der Waals surface area contributed by atoms with Crippen molar-refractivity contribution in [3.05, 3.63) is 117 Å². The number of aromatic nitrogens is 3. The first-order chi connectivity index (χ1) is 41.3. The van der Waals surface area contributed by atoms with Gasteiger partial charge in [0.1, 0.15) is 0 Å². The van der Waals surface area contributed by atoms with E-state index in [0.717, 1.165) is 0 Å². The summed E-state index contributed by atoms with van der Waals surface area (Å²) >= 11 is 0. The Morgan fingerprint density at radius 1 is 0.367 bits per heavy atom. The number of likely N-dealkylation sites (N-methyl/N-ethyl adjacent to an activating group) is 1. The molecule has 6 heterocycles. The van der Waals surface area contributed by atoms with E-state index in [-0.39, 0.29) is 178 Å². The number of ketones is 2. The molecule has 3 aromatic heterocycles. The van der Waals surface area contributed by atoms with E-state index < -0.39 is 53.3 Å². The smallest absolute Gasteiger partial charge is 0.317 e. The third-order valence-electron chi connectivity index (χ3n) is 14.7. The van der Waals surface area contributed by atoms with Crippen LogP contribution in [0.3, 0.4) is 0 Å². The molecule has 0 fully saturated rings. The van der Waals surface area contributed by atoms with Crippen molar-refractivity contribution in [2.45, 2.75) is 65.0 Å². The zero-order valence-corrected chi connectivity index (χ0v) is 54.0. The number of carbonyl (C=O) groups is 9. The maximum atomic E-state index is 14.9. The summed E-state index contributed by atoms with van der Waals surface area (Å²) in [5.41, 5.74) is 3.31. The number of carboxylic acids is 6. The van der Waals surface area contributed by atoms with Gasteiger partial charge >= 0.3 is 35.8 Å². The first-order valence-electron chi connectivity index (χ1n) is 28.6. The first-order valence-corrected chi connectivity index (χ1v) is 28.6. The van der Waals surface area contributed by atoms with Crippen LogP contribution in [0.2, 0.25) is 0 Å². The third-order valence-corrected chi connectivity index (χ3v) is 14.7. The summed E-state index contributed by atoms with van der Waals surface area (Å²) in [7, 11) is 5.52. The van der Waals surface area contributed by atoms with Crippen molar-refractivity contribution in [1.82, 2.24) is 59.1 Å². The summed E-state index contributed by atoms with van der Waals surface area (Å²) in [6.07, 6.45) is 0.517. The van der Waals surface area contributed by atoms with E-state index in [1.807, 2.05) is 35.8 Å². The summed E-state index contributed by atoms with van der Waals surface area (Å²) in [5.74, 6) is -8.20. The number of aliphatic carboxylic acids is 6. The van der Waals surface area contributed by atoms with Gasteiger partial charge in [-0.25, -0.2) is 0 Å². The van der Waals surface area contributed by atoms with Crippen molar-refractivity contribution in [2.24, 2.45) is 0 Å². The van der Waals surface area contributed by atoms with Gasteiger partial charge in [-0.2, -0.15) is 0 Å². The van der Waals surface area contributed by atoms with Gasteiger partial charge in [-0.1, -0.05) is 0 Å². The van der Waals surface area contributed by atoms with Gasteiger partial charge in [0.2, 0.25) is 0 Å². The number of carboxylic acid groups (broad SMARTS) is 6. The first kappa shape index (κ1) is 76.0. The Labute approximate surface area is 553 Å². The summed E-state index contributed by atoms with van der Waals surface area (Å²) < 4.78 is 0. The Kier molecular flexibility index (Phi) is 30.8. The van der Waals surface area contributed by atoms with Crippen LogP contribution in [0.5, 0.6) is 0 Å². The Balaban J connectivity index is 0.00000577. The standard InChI is InChI=1S/C59H77N13O15.3Mn/c1-64-10-12-69(33-55(79)80)27-49-23-44(24-50(62-49)28-70(13-11-64)34-56(81)82)63-59(87)43-21-41(51(73)18-39-14-45-25-67(31-53(75)76)8-4-6-65(2)37-71(35-57(83)84)29-47(16-39)60-45)20-42(22-43)52(74)19-40-15-46-26-68(32-54(77)78)9-5-7-66(3)38-72(36-58(85)86)30-48(17-40)61-46;;;/h14-17,20-24H,4-13,18-19,25-38H2,1-3H3,(H,75,76)(H,77,78)(H,79,80)(H,81,82)(H,83,84)(H,85,86)(H,62,63,87);;;. The molecule has 7 rings (SSSR count). The van der Waals surface area contributed by atoms with Crippen LogP contribution in [0.4, 0.5) is 5.69 Å². The Morgan fingerprint density at radius 2 is 0.656 bits per heavy atom. The molecule has 0 spiro atoms. The minimum Gasteiger partial charge on any atom is -0.480 e. The molecule has 1 amide bonds. The molecular weight excluding hydrogens is 1300 g/mol. The second kappa shape index (κ2) is 36.5. The van der Waals surface area contributed by atoms with Crippen LogP contribution in [-0.4, -0.2) is 269 Å². The van der Waals surface area contributed by atoms with Gasteiger partial charge in [-0.3, -0.25) is 97.3 Å². The molecule has 3 aliphatic rings. The number of hydrogen-bond donors (Lipinski definition) is 7. The van der Waals surface area contributed by atoms with Crippen molar-refractivity contribution in [3.63, 3.8) is 0 Å².